The van der Waals surface area contributed by atoms with E-state index in [-0.39, 0.29) is 30.3 Å². The highest BCUT2D eigenvalue weighted by molar-refractivity contribution is 8.01. The number of carbonyl (C=O) groups is 3. The van der Waals surface area contributed by atoms with Gasteiger partial charge in [-0.1, -0.05) is 5.21 Å². The number of nitrogens with one attached hydrogen (secondary N) is 1. The lowest BCUT2D eigenvalue weighted by atomic mass is 9.96. The number of ether oxygens (including phenoxy) is 1. The second kappa shape index (κ2) is 5.96. The zero-order valence-electron chi connectivity index (χ0n) is 13.1. The summed E-state index contributed by atoms with van der Waals surface area (Å²) in [5.74, 6) is -0.969. The molecule has 0 saturated carbocycles. The van der Waals surface area contributed by atoms with E-state index in [9.17, 15) is 19.5 Å². The molecule has 2 aliphatic rings. The van der Waals surface area contributed by atoms with E-state index in [1.54, 1.807) is 13.8 Å². The minimum atomic E-state index is -1.04. The van der Waals surface area contributed by atoms with Gasteiger partial charge >= 0.3 is 12.1 Å². The van der Waals surface area contributed by atoms with Crippen LogP contribution in [-0.4, -0.2) is 65.7 Å². The highest BCUT2D eigenvalue weighted by Crippen LogP contribution is 2.51. The van der Waals surface area contributed by atoms with E-state index in [4.69, 9.17) is 4.74 Å². The first-order chi connectivity index (χ1) is 11.3. The van der Waals surface area contributed by atoms with Crippen LogP contribution in [0, 0.1) is 0 Å². The Morgan fingerprint density at radius 1 is 1.58 bits per heavy atom. The molecule has 0 aromatic carbocycles. The highest BCUT2D eigenvalue weighted by Gasteiger charge is 2.60. The topological polar surface area (TPSA) is 127 Å². The summed E-state index contributed by atoms with van der Waals surface area (Å²) in [6.07, 6.45) is 1.22. The number of carbonyl (C=O) groups excluding carboxylic acids is 2. The Morgan fingerprint density at radius 3 is 2.96 bits per heavy atom. The molecule has 130 valence electrons. The second-order valence-corrected chi connectivity index (χ2v) is 7.49. The van der Waals surface area contributed by atoms with Crippen molar-refractivity contribution < 1.29 is 24.2 Å². The number of hydrogen-bond donors (Lipinski definition) is 2. The fourth-order valence-corrected chi connectivity index (χ4v) is 4.76. The number of hydrogen-bond acceptors (Lipinski definition) is 7. The lowest BCUT2D eigenvalue weighted by Gasteiger charge is -2.36. The summed E-state index contributed by atoms with van der Waals surface area (Å²) >= 11 is 1.45. The molecular weight excluding hydrogens is 338 g/mol. The minimum Gasteiger partial charge on any atom is -0.480 e. The molecule has 10 nitrogen and oxygen atoms in total. The van der Waals surface area contributed by atoms with Gasteiger partial charge in [0.1, 0.15) is 6.04 Å². The van der Waals surface area contributed by atoms with Crippen LogP contribution in [0.15, 0.2) is 6.20 Å². The van der Waals surface area contributed by atoms with E-state index < -0.39 is 22.9 Å². The smallest absolute Gasteiger partial charge is 0.412 e. The quantitative estimate of drug-likeness (QED) is 0.725. The van der Waals surface area contributed by atoms with Crippen molar-refractivity contribution in [3.05, 3.63) is 6.20 Å². The summed E-state index contributed by atoms with van der Waals surface area (Å²) in [7, 11) is 0. The number of aliphatic carboxylic acids is 1. The number of amides is 2. The van der Waals surface area contributed by atoms with E-state index in [1.165, 1.54) is 27.5 Å². The maximum atomic E-state index is 11.7. The Bertz CT molecular complexity index is 694. The van der Waals surface area contributed by atoms with Crippen LogP contribution in [0.25, 0.3) is 0 Å². The van der Waals surface area contributed by atoms with Crippen LogP contribution in [0.5, 0.6) is 0 Å². The van der Waals surface area contributed by atoms with E-state index in [0.29, 0.717) is 6.42 Å². The molecule has 11 heteroatoms. The van der Waals surface area contributed by atoms with Crippen LogP contribution in [-0.2, 0) is 20.9 Å². The summed E-state index contributed by atoms with van der Waals surface area (Å²) in [6.45, 7) is 3.96. The van der Waals surface area contributed by atoms with Crippen molar-refractivity contribution in [1.82, 2.24) is 19.9 Å². The summed E-state index contributed by atoms with van der Waals surface area (Å²) in [4.78, 5) is 36.1. The number of nitrogens with zero attached hydrogens (tertiary/aromatic N) is 4. The molecule has 0 unspecified atom stereocenters. The molecule has 2 saturated heterocycles. The summed E-state index contributed by atoms with van der Waals surface area (Å²) in [5.41, 5.74) is 0. The molecule has 2 aliphatic heterocycles. The van der Waals surface area contributed by atoms with Crippen molar-refractivity contribution >= 4 is 35.5 Å². The average molecular weight is 355 g/mol. The Hall–Kier alpha value is -2.30. The highest BCUT2D eigenvalue weighted by atomic mass is 32.2. The summed E-state index contributed by atoms with van der Waals surface area (Å²) in [6, 6.07) is -0.917. The summed E-state index contributed by atoms with van der Waals surface area (Å²) < 4.78 is 5.47. The molecule has 0 spiro atoms. The van der Waals surface area contributed by atoms with Crippen LogP contribution in [0.1, 0.15) is 20.3 Å². The Labute approximate surface area is 141 Å². The number of thioether (sulfide) groups is 1. The van der Waals surface area contributed by atoms with Gasteiger partial charge in [0.05, 0.1) is 35.9 Å². The van der Waals surface area contributed by atoms with Gasteiger partial charge in [-0.3, -0.25) is 10.1 Å². The first-order valence-electron chi connectivity index (χ1n) is 7.40. The third kappa shape index (κ3) is 2.79. The Morgan fingerprint density at radius 2 is 2.33 bits per heavy atom. The molecular formula is C13H17N5O5S. The molecule has 24 heavy (non-hydrogen) atoms. The van der Waals surface area contributed by atoms with Crippen molar-refractivity contribution in [1.29, 1.82) is 0 Å². The normalized spacial score (nSPS) is 28.2. The molecule has 2 amide bonds. The number of rotatable bonds is 5. The summed E-state index contributed by atoms with van der Waals surface area (Å²) in [5, 5.41) is 19.6. The maximum absolute atomic E-state index is 11.7. The second-order valence-electron chi connectivity index (χ2n) is 5.78. The maximum Gasteiger partial charge on any atom is 0.412 e. The lowest BCUT2D eigenvalue weighted by Crippen LogP contribution is -2.58. The first-order valence-corrected chi connectivity index (χ1v) is 8.27. The largest absolute Gasteiger partial charge is 0.480 e. The molecule has 3 heterocycles. The van der Waals surface area contributed by atoms with Crippen molar-refractivity contribution in [2.45, 2.75) is 43.0 Å². The van der Waals surface area contributed by atoms with Crippen LogP contribution in [0.4, 0.5) is 10.6 Å². The van der Waals surface area contributed by atoms with Crippen molar-refractivity contribution in [2.75, 3.05) is 11.9 Å². The zero-order valence-corrected chi connectivity index (χ0v) is 13.9. The fraction of sp³-hybridized carbons (Fsp3) is 0.615. The zero-order chi connectivity index (χ0) is 17.5. The van der Waals surface area contributed by atoms with Crippen LogP contribution in [0.2, 0.25) is 0 Å². The predicted octanol–water partition coefficient (Wildman–Crippen LogP) is 0.364. The molecule has 0 aliphatic carbocycles. The average Bonchev–Trinajstić information content (AvgIpc) is 2.99. The number of β-lactam (4-membered cyclic amide) rings is 1. The van der Waals surface area contributed by atoms with Gasteiger partial charge in [0.25, 0.3) is 0 Å². The molecule has 2 fully saturated rings. The van der Waals surface area contributed by atoms with Gasteiger partial charge < -0.3 is 14.7 Å². The van der Waals surface area contributed by atoms with E-state index in [0.717, 1.165) is 0 Å². The van der Waals surface area contributed by atoms with Crippen molar-refractivity contribution in [3.8, 4) is 0 Å². The molecule has 3 rings (SSSR count). The van der Waals surface area contributed by atoms with Crippen LogP contribution in [0.3, 0.4) is 0 Å². The van der Waals surface area contributed by atoms with Crippen LogP contribution < -0.4 is 5.32 Å². The first kappa shape index (κ1) is 16.6. The van der Waals surface area contributed by atoms with Gasteiger partial charge in [-0.15, -0.1) is 16.9 Å². The molecule has 0 bridgehead atoms. The predicted molar refractivity (Wildman–Crippen MR) is 83.3 cm³/mol. The number of carboxylic acid groups (broad SMARTS) is 1. The third-order valence-corrected chi connectivity index (χ3v) is 5.52. The number of anilines is 1. The number of carboxylic acids is 1. The molecule has 3 atom stereocenters. The minimum absolute atomic E-state index is 0.107. The number of fused-ring (bicyclic) bond motifs is 1. The van der Waals surface area contributed by atoms with Crippen molar-refractivity contribution in [2.24, 2.45) is 0 Å². The van der Waals surface area contributed by atoms with Gasteiger partial charge in [-0.25, -0.2) is 14.3 Å². The molecule has 1 aromatic rings. The van der Waals surface area contributed by atoms with Crippen molar-refractivity contribution in [3.63, 3.8) is 0 Å². The van der Waals surface area contributed by atoms with Gasteiger partial charge in [0, 0.05) is 0 Å². The SMILES string of the molecule is CCOC(=O)Nc1cn(C[C@]2(C)S[C@H]3CC(=O)N3[C@H]2C(=O)O)nn1. The van der Waals surface area contributed by atoms with Gasteiger partial charge in [0.15, 0.2) is 5.82 Å². The standard InChI is InChI=1S/C13H17N5O5S/c1-3-23-12(22)14-7-5-17(16-15-7)6-13(2)10(11(20)21)18-8(19)4-9(18)24-13/h5,9-10H,3-4,6H2,1-2H3,(H,14,22)(H,20,21)/t9-,10-,13-/m0/s1. The monoisotopic (exact) mass is 355 g/mol. The fourth-order valence-electron chi connectivity index (χ4n) is 3.01. The van der Waals surface area contributed by atoms with Gasteiger partial charge in [-0.05, 0) is 13.8 Å². The Kier molecular flexibility index (Phi) is 4.11. The number of aromatic nitrogens is 3. The van der Waals surface area contributed by atoms with Crippen LogP contribution >= 0.6 is 11.8 Å². The lowest BCUT2D eigenvalue weighted by molar-refractivity contribution is -0.157. The third-order valence-electron chi connectivity index (χ3n) is 3.96. The van der Waals surface area contributed by atoms with Gasteiger partial charge in [-0.2, -0.15) is 0 Å². The van der Waals surface area contributed by atoms with E-state index in [2.05, 4.69) is 15.6 Å². The Balaban J connectivity index is 1.73. The molecule has 2 N–H and O–H groups in total. The van der Waals surface area contributed by atoms with E-state index >= 15 is 0 Å². The van der Waals surface area contributed by atoms with E-state index in [1.807, 2.05) is 0 Å². The van der Waals surface area contributed by atoms with Gasteiger partial charge in [0.2, 0.25) is 5.91 Å². The molecule has 0 radical (unpaired) electrons. The molecule has 1 aromatic heterocycles.